The number of carbonyl (C=O) groups is 2. The van der Waals surface area contributed by atoms with Gasteiger partial charge in [-0.05, 0) is 78.2 Å². The first-order valence-corrected chi connectivity index (χ1v) is 12.0. The SMILES string of the molecule is CC(Oc1ccc(-c2ccccc2)cc1)C(=O)NN=Cc1ccc(OC(=O)c2cccc(Br)c2)cc1. The maximum Gasteiger partial charge on any atom is 0.343 e. The zero-order chi connectivity index (χ0) is 25.3. The molecule has 1 amide bonds. The first kappa shape index (κ1) is 24.9. The minimum atomic E-state index is -0.732. The van der Waals surface area contributed by atoms with E-state index in [0.717, 1.165) is 21.2 Å². The molecule has 36 heavy (non-hydrogen) atoms. The van der Waals surface area contributed by atoms with Crippen LogP contribution in [-0.2, 0) is 4.79 Å². The van der Waals surface area contributed by atoms with Gasteiger partial charge in [0.1, 0.15) is 11.5 Å². The number of amides is 1. The minimum absolute atomic E-state index is 0.377. The molecule has 1 N–H and O–H groups in total. The van der Waals surface area contributed by atoms with Crippen LogP contribution in [0.2, 0.25) is 0 Å². The topological polar surface area (TPSA) is 77.0 Å². The summed E-state index contributed by atoms with van der Waals surface area (Å²) < 4.78 is 11.9. The minimum Gasteiger partial charge on any atom is -0.481 e. The number of ether oxygens (including phenoxy) is 2. The van der Waals surface area contributed by atoms with Crippen molar-refractivity contribution in [2.45, 2.75) is 13.0 Å². The summed E-state index contributed by atoms with van der Waals surface area (Å²) in [6.45, 7) is 1.66. The van der Waals surface area contributed by atoms with Crippen LogP contribution in [0.1, 0.15) is 22.8 Å². The van der Waals surface area contributed by atoms with Crippen molar-refractivity contribution < 1.29 is 19.1 Å². The van der Waals surface area contributed by atoms with E-state index in [4.69, 9.17) is 9.47 Å². The van der Waals surface area contributed by atoms with E-state index >= 15 is 0 Å². The number of hydrogen-bond acceptors (Lipinski definition) is 5. The maximum atomic E-state index is 12.3. The standard InChI is InChI=1S/C29H23BrN2O4/c1-20(35-26-16-12-23(13-17-26)22-6-3-2-4-7-22)28(33)32-31-19-21-10-14-27(15-11-21)36-29(34)24-8-5-9-25(30)18-24/h2-20H,1H3,(H,32,33). The highest BCUT2D eigenvalue weighted by Gasteiger charge is 2.14. The van der Waals surface area contributed by atoms with Gasteiger partial charge in [-0.2, -0.15) is 5.10 Å². The lowest BCUT2D eigenvalue weighted by Crippen LogP contribution is -2.33. The summed E-state index contributed by atoms with van der Waals surface area (Å²) >= 11 is 3.34. The van der Waals surface area contributed by atoms with Gasteiger partial charge in [-0.3, -0.25) is 4.79 Å². The van der Waals surface area contributed by atoms with Crippen molar-refractivity contribution >= 4 is 34.0 Å². The highest BCUT2D eigenvalue weighted by atomic mass is 79.9. The fraction of sp³-hybridized carbons (Fsp3) is 0.0690. The van der Waals surface area contributed by atoms with E-state index < -0.39 is 12.1 Å². The number of rotatable bonds is 8. The summed E-state index contributed by atoms with van der Waals surface area (Å²) in [5, 5.41) is 3.99. The average Bonchev–Trinajstić information content (AvgIpc) is 2.90. The molecule has 6 nitrogen and oxygen atoms in total. The lowest BCUT2D eigenvalue weighted by Gasteiger charge is -2.13. The molecule has 0 aliphatic heterocycles. The van der Waals surface area contributed by atoms with E-state index in [2.05, 4.69) is 26.5 Å². The van der Waals surface area contributed by atoms with Crippen molar-refractivity contribution in [3.8, 4) is 22.6 Å². The van der Waals surface area contributed by atoms with Gasteiger partial charge < -0.3 is 9.47 Å². The first-order valence-electron chi connectivity index (χ1n) is 11.2. The van der Waals surface area contributed by atoms with Gasteiger partial charge >= 0.3 is 5.97 Å². The molecule has 0 saturated carbocycles. The molecule has 0 aliphatic rings. The van der Waals surface area contributed by atoms with Crippen LogP contribution < -0.4 is 14.9 Å². The second-order valence-electron chi connectivity index (χ2n) is 7.85. The highest BCUT2D eigenvalue weighted by molar-refractivity contribution is 9.10. The van der Waals surface area contributed by atoms with Crippen molar-refractivity contribution in [1.29, 1.82) is 0 Å². The van der Waals surface area contributed by atoms with E-state index in [0.29, 0.717) is 17.1 Å². The molecule has 180 valence electrons. The Morgan fingerprint density at radius 2 is 1.50 bits per heavy atom. The van der Waals surface area contributed by atoms with Crippen LogP contribution in [0.15, 0.2) is 113 Å². The number of esters is 1. The highest BCUT2D eigenvalue weighted by Crippen LogP contribution is 2.22. The Hall–Kier alpha value is -4.23. The third-order valence-corrected chi connectivity index (χ3v) is 5.68. The monoisotopic (exact) mass is 542 g/mol. The van der Waals surface area contributed by atoms with E-state index in [9.17, 15) is 9.59 Å². The molecule has 4 aromatic rings. The number of hydrazone groups is 1. The van der Waals surface area contributed by atoms with Crippen molar-refractivity contribution in [3.05, 3.63) is 119 Å². The van der Waals surface area contributed by atoms with E-state index in [1.807, 2.05) is 60.7 Å². The number of benzene rings is 4. The third-order valence-electron chi connectivity index (χ3n) is 5.18. The summed E-state index contributed by atoms with van der Waals surface area (Å²) in [5.74, 6) is 0.169. The number of hydrogen-bond donors (Lipinski definition) is 1. The zero-order valence-electron chi connectivity index (χ0n) is 19.4. The third kappa shape index (κ3) is 6.90. The molecule has 0 saturated heterocycles. The van der Waals surface area contributed by atoms with Crippen LogP contribution in [0.3, 0.4) is 0 Å². The number of nitrogens with zero attached hydrogens (tertiary/aromatic N) is 1. The van der Waals surface area contributed by atoms with Crippen molar-refractivity contribution in [1.82, 2.24) is 5.43 Å². The molecule has 0 radical (unpaired) electrons. The molecule has 1 unspecified atom stereocenters. The van der Waals surface area contributed by atoms with Crippen LogP contribution >= 0.6 is 15.9 Å². The van der Waals surface area contributed by atoms with E-state index in [1.165, 1.54) is 6.21 Å². The first-order chi connectivity index (χ1) is 17.5. The van der Waals surface area contributed by atoms with Gasteiger partial charge in [0.15, 0.2) is 6.10 Å². The van der Waals surface area contributed by atoms with Crippen LogP contribution in [0, 0.1) is 0 Å². The average molecular weight is 543 g/mol. The summed E-state index contributed by atoms with van der Waals surface area (Å²) in [6.07, 6.45) is 0.767. The zero-order valence-corrected chi connectivity index (χ0v) is 21.0. The molecule has 0 fully saturated rings. The van der Waals surface area contributed by atoms with Gasteiger partial charge in [0.2, 0.25) is 0 Å². The lowest BCUT2D eigenvalue weighted by molar-refractivity contribution is -0.127. The van der Waals surface area contributed by atoms with Crippen LogP contribution in [0.4, 0.5) is 0 Å². The van der Waals surface area contributed by atoms with E-state index in [-0.39, 0.29) is 5.91 Å². The van der Waals surface area contributed by atoms with Gasteiger partial charge in [0.05, 0.1) is 11.8 Å². The Morgan fingerprint density at radius 1 is 0.833 bits per heavy atom. The summed E-state index contributed by atoms with van der Waals surface area (Å²) in [4.78, 5) is 24.6. The predicted octanol–water partition coefficient (Wildman–Crippen LogP) is 6.25. The molecule has 4 rings (SSSR count). The molecule has 0 aliphatic carbocycles. The van der Waals surface area contributed by atoms with Gasteiger partial charge in [-0.15, -0.1) is 0 Å². The Balaban J connectivity index is 1.26. The number of nitrogens with one attached hydrogen (secondary N) is 1. The van der Waals surface area contributed by atoms with Crippen molar-refractivity contribution in [2.75, 3.05) is 0 Å². The molecule has 7 heteroatoms. The number of carbonyl (C=O) groups excluding carboxylic acids is 2. The molecule has 4 aromatic carbocycles. The smallest absolute Gasteiger partial charge is 0.343 e. The Bertz CT molecular complexity index is 1350. The lowest BCUT2D eigenvalue weighted by atomic mass is 10.1. The molecule has 0 spiro atoms. The van der Waals surface area contributed by atoms with Crippen molar-refractivity contribution in [3.63, 3.8) is 0 Å². The summed E-state index contributed by atoms with van der Waals surface area (Å²) in [7, 11) is 0. The fourth-order valence-electron chi connectivity index (χ4n) is 3.28. The molecule has 0 aromatic heterocycles. The Kier molecular flexibility index (Phi) is 8.26. The number of halogens is 1. The summed E-state index contributed by atoms with van der Waals surface area (Å²) in [6, 6.07) is 31.3. The second kappa shape index (κ2) is 12.0. The molecular formula is C29H23BrN2O4. The van der Waals surface area contributed by atoms with Gasteiger partial charge in [-0.25, -0.2) is 10.2 Å². The van der Waals surface area contributed by atoms with E-state index in [1.54, 1.807) is 49.4 Å². The second-order valence-corrected chi connectivity index (χ2v) is 8.77. The van der Waals surface area contributed by atoms with Gasteiger partial charge in [-0.1, -0.05) is 64.5 Å². The van der Waals surface area contributed by atoms with Gasteiger partial charge in [0.25, 0.3) is 5.91 Å². The Labute approximate surface area is 217 Å². The largest absolute Gasteiger partial charge is 0.481 e. The maximum absolute atomic E-state index is 12.3. The van der Waals surface area contributed by atoms with Crippen LogP contribution in [0.5, 0.6) is 11.5 Å². The molecule has 0 heterocycles. The fourth-order valence-corrected chi connectivity index (χ4v) is 3.68. The summed E-state index contributed by atoms with van der Waals surface area (Å²) in [5.41, 5.74) is 5.83. The van der Waals surface area contributed by atoms with Gasteiger partial charge in [0, 0.05) is 4.47 Å². The molecule has 1 atom stereocenters. The quantitative estimate of drug-likeness (QED) is 0.123. The van der Waals surface area contributed by atoms with Crippen LogP contribution in [0.25, 0.3) is 11.1 Å². The van der Waals surface area contributed by atoms with Crippen molar-refractivity contribution in [2.24, 2.45) is 5.10 Å². The normalized spacial score (nSPS) is 11.6. The molecular weight excluding hydrogens is 520 g/mol. The van der Waals surface area contributed by atoms with Crippen LogP contribution in [-0.4, -0.2) is 24.2 Å². The Morgan fingerprint density at radius 3 is 2.19 bits per heavy atom. The molecule has 0 bridgehead atoms. The predicted molar refractivity (Wildman–Crippen MR) is 143 cm³/mol.